The third-order valence-corrected chi connectivity index (χ3v) is 6.34. The van der Waals surface area contributed by atoms with Crippen LogP contribution in [0.15, 0.2) is 59.8 Å². The normalized spacial score (nSPS) is 11.3. The van der Waals surface area contributed by atoms with Crippen LogP contribution in [0.5, 0.6) is 0 Å². The van der Waals surface area contributed by atoms with Crippen LogP contribution in [0.3, 0.4) is 0 Å². The van der Waals surface area contributed by atoms with Crippen molar-refractivity contribution in [3.8, 4) is 0 Å². The van der Waals surface area contributed by atoms with Crippen molar-refractivity contribution in [3.63, 3.8) is 0 Å². The maximum atomic E-state index is 12.6. The van der Waals surface area contributed by atoms with E-state index in [1.54, 1.807) is 29.1 Å². The molecule has 1 heterocycles. The van der Waals surface area contributed by atoms with Crippen molar-refractivity contribution in [1.29, 1.82) is 0 Å². The first-order valence-electron chi connectivity index (χ1n) is 9.08. The monoisotopic (exact) mass is 466 g/mol. The first-order chi connectivity index (χ1) is 14.2. The summed E-state index contributed by atoms with van der Waals surface area (Å²) in [6.07, 6.45) is 5.29. The van der Waals surface area contributed by atoms with E-state index in [1.165, 1.54) is 24.3 Å². The largest absolute Gasteiger partial charge is 0.352 e. The van der Waals surface area contributed by atoms with Crippen molar-refractivity contribution < 1.29 is 13.2 Å². The lowest BCUT2D eigenvalue weighted by Gasteiger charge is -2.11. The Kier molecular flexibility index (Phi) is 7.02. The van der Waals surface area contributed by atoms with Crippen molar-refractivity contribution in [2.75, 3.05) is 11.3 Å². The topological polar surface area (TPSA) is 93.1 Å². The fraction of sp³-hybridized carbons (Fsp3) is 0.200. The molecule has 2 aromatic carbocycles. The molecular formula is C20H20Cl2N4O3S. The highest BCUT2D eigenvalue weighted by Gasteiger charge is 2.19. The Hall–Kier alpha value is -2.55. The van der Waals surface area contributed by atoms with Crippen LogP contribution in [0.4, 0.5) is 5.69 Å². The Labute approximate surface area is 185 Å². The number of hydrogen-bond acceptors (Lipinski definition) is 4. The second kappa shape index (κ2) is 9.51. The van der Waals surface area contributed by atoms with E-state index in [2.05, 4.69) is 15.1 Å². The number of carbonyl (C=O) groups excluding carboxylic acids is 1. The van der Waals surface area contributed by atoms with E-state index >= 15 is 0 Å². The summed E-state index contributed by atoms with van der Waals surface area (Å²) in [7, 11) is -2.11. The van der Waals surface area contributed by atoms with E-state index in [0.29, 0.717) is 12.1 Å². The summed E-state index contributed by atoms with van der Waals surface area (Å²) in [5.41, 5.74) is 1.69. The predicted molar refractivity (Wildman–Crippen MR) is 118 cm³/mol. The Morgan fingerprint density at radius 2 is 1.97 bits per heavy atom. The lowest BCUT2D eigenvalue weighted by Crippen LogP contribution is -2.25. The van der Waals surface area contributed by atoms with Crippen molar-refractivity contribution >= 4 is 44.8 Å². The van der Waals surface area contributed by atoms with Crippen LogP contribution in [0, 0.1) is 0 Å². The van der Waals surface area contributed by atoms with Crippen molar-refractivity contribution in [2.24, 2.45) is 7.05 Å². The molecule has 0 aliphatic carbocycles. The highest BCUT2D eigenvalue weighted by molar-refractivity contribution is 7.92. The maximum absolute atomic E-state index is 12.6. The van der Waals surface area contributed by atoms with Crippen LogP contribution in [-0.4, -0.2) is 30.7 Å². The number of aromatic nitrogens is 2. The SMILES string of the molecule is Cn1cc(CCCNC(=O)c2cccc(NS(=O)(=O)c3cc(Cl)ccc3Cl)c2)cn1. The number of nitrogens with one attached hydrogen (secondary N) is 2. The Bertz CT molecular complexity index is 1160. The Morgan fingerprint density at radius 3 is 2.70 bits per heavy atom. The highest BCUT2D eigenvalue weighted by Crippen LogP contribution is 2.27. The van der Waals surface area contributed by atoms with Gasteiger partial charge in [0.15, 0.2) is 0 Å². The number of sulfonamides is 1. The van der Waals surface area contributed by atoms with Crippen LogP contribution in [0.25, 0.3) is 0 Å². The van der Waals surface area contributed by atoms with Gasteiger partial charge in [-0.3, -0.25) is 14.2 Å². The summed E-state index contributed by atoms with van der Waals surface area (Å²) in [6, 6.07) is 10.4. The molecule has 0 aliphatic heterocycles. The van der Waals surface area contributed by atoms with Gasteiger partial charge in [-0.25, -0.2) is 8.42 Å². The Balaban J connectivity index is 1.62. The minimum absolute atomic E-state index is 0.0504. The van der Waals surface area contributed by atoms with E-state index in [9.17, 15) is 13.2 Å². The summed E-state index contributed by atoms with van der Waals surface area (Å²) < 4.78 is 29.4. The highest BCUT2D eigenvalue weighted by atomic mass is 35.5. The van der Waals surface area contributed by atoms with E-state index < -0.39 is 10.0 Å². The van der Waals surface area contributed by atoms with Gasteiger partial charge in [0.25, 0.3) is 15.9 Å². The van der Waals surface area contributed by atoms with Gasteiger partial charge in [-0.15, -0.1) is 0 Å². The summed E-state index contributed by atoms with van der Waals surface area (Å²) in [5.74, 6) is -0.289. The molecule has 30 heavy (non-hydrogen) atoms. The van der Waals surface area contributed by atoms with Crippen molar-refractivity contribution in [2.45, 2.75) is 17.7 Å². The molecule has 7 nitrogen and oxygen atoms in total. The van der Waals surface area contributed by atoms with Crippen molar-refractivity contribution in [3.05, 3.63) is 76.0 Å². The van der Waals surface area contributed by atoms with Gasteiger partial charge in [0.05, 0.1) is 11.2 Å². The molecular weight excluding hydrogens is 447 g/mol. The van der Waals surface area contributed by atoms with Gasteiger partial charge in [-0.2, -0.15) is 5.10 Å². The lowest BCUT2D eigenvalue weighted by atomic mass is 10.1. The molecule has 158 valence electrons. The van der Waals surface area contributed by atoms with Crippen LogP contribution in [0.1, 0.15) is 22.3 Å². The zero-order chi connectivity index (χ0) is 21.7. The molecule has 1 aromatic heterocycles. The van der Waals surface area contributed by atoms with Gasteiger partial charge in [0, 0.05) is 36.1 Å². The summed E-state index contributed by atoms with van der Waals surface area (Å²) >= 11 is 11.9. The van der Waals surface area contributed by atoms with Gasteiger partial charge < -0.3 is 5.32 Å². The average Bonchev–Trinajstić information content (AvgIpc) is 3.12. The minimum atomic E-state index is -3.96. The van der Waals surface area contributed by atoms with Gasteiger partial charge in [-0.1, -0.05) is 29.3 Å². The van der Waals surface area contributed by atoms with Gasteiger partial charge in [0.1, 0.15) is 4.90 Å². The van der Waals surface area contributed by atoms with Crippen LogP contribution >= 0.6 is 23.2 Å². The molecule has 0 fully saturated rings. The van der Waals surface area contributed by atoms with E-state index in [1.807, 2.05) is 13.2 Å². The zero-order valence-corrected chi connectivity index (χ0v) is 18.4. The average molecular weight is 467 g/mol. The molecule has 3 rings (SSSR count). The number of hydrogen-bond donors (Lipinski definition) is 2. The standard InChI is InChI=1S/C20H20Cl2N4O3S/c1-26-13-14(12-24-26)4-3-9-23-20(27)15-5-2-6-17(10-15)25-30(28,29)19-11-16(21)7-8-18(19)22/h2,5-8,10-13,25H,3-4,9H2,1H3,(H,23,27). The summed E-state index contributed by atoms with van der Waals surface area (Å²) in [5, 5.41) is 7.24. The molecule has 0 aliphatic rings. The van der Waals surface area contributed by atoms with Gasteiger partial charge in [0.2, 0.25) is 0 Å². The quantitative estimate of drug-likeness (QED) is 0.492. The van der Waals surface area contributed by atoms with Crippen LogP contribution in [0.2, 0.25) is 10.0 Å². The first-order valence-corrected chi connectivity index (χ1v) is 11.3. The summed E-state index contributed by atoms with van der Waals surface area (Å²) in [6.45, 7) is 0.488. The molecule has 0 radical (unpaired) electrons. The second-order valence-corrected chi connectivity index (χ2v) is 9.14. The minimum Gasteiger partial charge on any atom is -0.352 e. The molecule has 0 saturated heterocycles. The van der Waals surface area contributed by atoms with Gasteiger partial charge >= 0.3 is 0 Å². The number of amides is 1. The number of benzene rings is 2. The fourth-order valence-electron chi connectivity index (χ4n) is 2.81. The zero-order valence-electron chi connectivity index (χ0n) is 16.1. The molecule has 2 N–H and O–H groups in total. The molecule has 0 saturated carbocycles. The first kappa shape index (κ1) is 22.1. The molecule has 3 aromatic rings. The van der Waals surface area contributed by atoms with E-state index in [-0.39, 0.29) is 26.5 Å². The number of nitrogens with zero attached hydrogens (tertiary/aromatic N) is 2. The Morgan fingerprint density at radius 1 is 1.17 bits per heavy atom. The molecule has 0 bridgehead atoms. The number of rotatable bonds is 8. The number of halogens is 2. The van der Waals surface area contributed by atoms with E-state index in [0.717, 1.165) is 18.4 Å². The third kappa shape index (κ3) is 5.75. The van der Waals surface area contributed by atoms with Crippen LogP contribution < -0.4 is 10.0 Å². The number of aryl methyl sites for hydroxylation is 2. The fourth-order valence-corrected chi connectivity index (χ4v) is 4.63. The molecule has 1 amide bonds. The molecule has 0 spiro atoms. The number of anilines is 1. The maximum Gasteiger partial charge on any atom is 0.263 e. The summed E-state index contributed by atoms with van der Waals surface area (Å²) in [4.78, 5) is 12.3. The second-order valence-electron chi connectivity index (χ2n) is 6.64. The van der Waals surface area contributed by atoms with Crippen LogP contribution in [-0.2, 0) is 23.5 Å². The number of carbonyl (C=O) groups is 1. The predicted octanol–water partition coefficient (Wildman–Crippen LogP) is 3.89. The van der Waals surface area contributed by atoms with Crippen molar-refractivity contribution in [1.82, 2.24) is 15.1 Å². The smallest absolute Gasteiger partial charge is 0.263 e. The molecule has 10 heteroatoms. The van der Waals surface area contributed by atoms with Gasteiger partial charge in [-0.05, 0) is 54.8 Å². The molecule has 0 atom stereocenters. The molecule has 0 unspecified atom stereocenters. The third-order valence-electron chi connectivity index (χ3n) is 4.25. The lowest BCUT2D eigenvalue weighted by molar-refractivity contribution is 0.0953. The van der Waals surface area contributed by atoms with E-state index in [4.69, 9.17) is 23.2 Å².